The average Bonchev–Trinajstić information content (AvgIpc) is 4.10. The maximum absolute atomic E-state index is 13.3. The smallest absolute Gasteiger partial charge is 0.410 e. The number of nitrogens with one attached hydrogen (secondary N) is 3. The van der Waals surface area contributed by atoms with E-state index in [-0.39, 0.29) is 30.4 Å². The first-order valence-corrected chi connectivity index (χ1v) is 28.5. The minimum absolute atomic E-state index is 0.0213. The zero-order valence-corrected chi connectivity index (χ0v) is 46.7. The number of anilines is 2. The van der Waals surface area contributed by atoms with Crippen LogP contribution in [0.25, 0.3) is 41.6 Å². The van der Waals surface area contributed by atoms with Crippen molar-refractivity contribution < 1.29 is 23.6 Å². The molecule has 3 N–H and O–H groups in total. The van der Waals surface area contributed by atoms with Crippen molar-refractivity contribution in [3.8, 4) is 21.1 Å². The van der Waals surface area contributed by atoms with Gasteiger partial charge < -0.3 is 30.1 Å². The molecule has 3 atom stereocenters. The number of thiazole rings is 2. The molecule has 0 fully saturated rings. The lowest BCUT2D eigenvalue weighted by molar-refractivity contribution is -0.943. The van der Waals surface area contributed by atoms with Gasteiger partial charge in [0.15, 0.2) is 0 Å². The molecule has 2 aliphatic rings. The van der Waals surface area contributed by atoms with Crippen LogP contribution in [0.2, 0.25) is 0 Å². The Balaban J connectivity index is 0.000000209. The number of para-hydroxylation sites is 2. The Kier molecular flexibility index (Phi) is 17.6. The van der Waals surface area contributed by atoms with Gasteiger partial charge in [0.1, 0.15) is 32.2 Å². The second kappa shape index (κ2) is 23.1. The van der Waals surface area contributed by atoms with Gasteiger partial charge in [0.2, 0.25) is 11.8 Å². The fourth-order valence-corrected chi connectivity index (χ4v) is 13.7. The molecule has 378 valence electrons. The highest BCUT2D eigenvalue weighted by Gasteiger charge is 2.37. The molecule has 0 aliphatic carbocycles. The molecule has 0 saturated heterocycles. The molecule has 3 unspecified atom stereocenters. The molecule has 0 radical (unpaired) electrons. The van der Waals surface area contributed by atoms with Crippen LogP contribution >= 0.6 is 45.3 Å². The van der Waals surface area contributed by atoms with Gasteiger partial charge >= 0.3 is 6.09 Å². The third-order valence-electron chi connectivity index (χ3n) is 13.8. The Hall–Kier alpha value is -4.29. The van der Waals surface area contributed by atoms with Gasteiger partial charge in [0.25, 0.3) is 0 Å². The van der Waals surface area contributed by atoms with Crippen LogP contribution in [0.5, 0.6) is 0 Å². The zero-order valence-electron chi connectivity index (χ0n) is 43.4. The van der Waals surface area contributed by atoms with Gasteiger partial charge in [-0.3, -0.25) is 14.5 Å². The van der Waals surface area contributed by atoms with Crippen molar-refractivity contribution in [2.24, 2.45) is 0 Å². The number of rotatable bonds is 16. The standard InChI is InChI=1S/C29H40N4O3S2.C25H34N4OS2/c1-8-19(4)33(28(35)36-29(5,6)7)16-14-24(34)31-27-25(26-30-21-11-9-10-12-22(21)37-26)20-13-15-32(18(2)3)17-23(20)38-27;1-6-17(4)26-13-11-22(30)28-25-23(24-27-19-9-7-8-10-20(19)31-24)18-12-14-29(5,16(2)3)15-21(18)32-25/h9-12,18-19H,8,13-17H2,1-7H3,(H,31,34);7-10,16-17,26H,6,11-15H2,1-5H3/p+1. The molecule has 70 heavy (non-hydrogen) atoms. The number of quaternary nitrogens is 1. The molecule has 3 amide bonds. The topological polar surface area (TPSA) is 129 Å². The van der Waals surface area contributed by atoms with Crippen LogP contribution in [-0.4, -0.2) is 105 Å². The van der Waals surface area contributed by atoms with Gasteiger partial charge in [0, 0.05) is 79.6 Å². The van der Waals surface area contributed by atoms with E-state index in [9.17, 15) is 14.4 Å². The van der Waals surface area contributed by atoms with E-state index in [1.165, 1.54) is 25.6 Å². The molecule has 8 rings (SSSR count). The number of thiophene rings is 2. The van der Waals surface area contributed by atoms with Crippen molar-refractivity contribution in [2.45, 2.75) is 158 Å². The number of carbonyl (C=O) groups is 3. The predicted molar refractivity (Wildman–Crippen MR) is 296 cm³/mol. The third-order valence-corrected chi connectivity index (χ3v) is 18.2. The van der Waals surface area contributed by atoms with Gasteiger partial charge in [-0.15, -0.1) is 45.3 Å². The second-order valence-corrected chi connectivity index (χ2v) is 25.0. The molecule has 6 aromatic rings. The average molecular weight is 1030 g/mol. The quantitative estimate of drug-likeness (QED) is 0.0818. The summed E-state index contributed by atoms with van der Waals surface area (Å²) in [6.07, 6.45) is 4.11. The number of hydrogen-bond donors (Lipinski definition) is 3. The molecule has 16 heteroatoms. The van der Waals surface area contributed by atoms with E-state index in [4.69, 9.17) is 14.7 Å². The maximum Gasteiger partial charge on any atom is 0.410 e. The lowest BCUT2D eigenvalue weighted by Crippen LogP contribution is -2.51. The van der Waals surface area contributed by atoms with Crippen LogP contribution in [-0.2, 0) is 40.3 Å². The number of benzene rings is 2. The number of nitrogens with zero attached hydrogens (tertiary/aromatic N) is 5. The minimum atomic E-state index is -0.586. The van der Waals surface area contributed by atoms with Crippen molar-refractivity contribution in [1.29, 1.82) is 0 Å². The highest BCUT2D eigenvalue weighted by Crippen LogP contribution is 2.48. The van der Waals surface area contributed by atoms with Crippen molar-refractivity contribution in [3.63, 3.8) is 0 Å². The SMILES string of the molecule is CCC(C)N(CCC(=O)Nc1sc2c(c1-c1nc3ccccc3s1)CCN(C(C)C)C2)C(=O)OC(C)(C)C.CCC(C)NCCC(=O)Nc1sc2c(c1-c1nc3ccccc3s1)CC[N+](C)(C(C)C)C2. The fraction of sp³-hybridized carbons (Fsp3) is 0.537. The number of fused-ring (bicyclic) bond motifs is 4. The summed E-state index contributed by atoms with van der Waals surface area (Å²) in [4.78, 5) is 55.6. The van der Waals surface area contributed by atoms with E-state index < -0.39 is 5.60 Å². The monoisotopic (exact) mass is 1030 g/mol. The molecular formula is C54H75N8O4S4+. The van der Waals surface area contributed by atoms with Crippen LogP contribution in [0.3, 0.4) is 0 Å². The molecule has 12 nitrogen and oxygen atoms in total. The number of carbonyl (C=O) groups excluding carboxylic acids is 3. The van der Waals surface area contributed by atoms with Crippen molar-refractivity contribution in [3.05, 3.63) is 69.4 Å². The van der Waals surface area contributed by atoms with Gasteiger partial charge in [-0.2, -0.15) is 0 Å². The highest BCUT2D eigenvalue weighted by atomic mass is 32.1. The van der Waals surface area contributed by atoms with Gasteiger partial charge in [0.05, 0.1) is 44.9 Å². The third kappa shape index (κ3) is 12.8. The summed E-state index contributed by atoms with van der Waals surface area (Å²) < 4.78 is 8.98. The second-order valence-electron chi connectivity index (χ2n) is 20.7. The van der Waals surface area contributed by atoms with E-state index in [0.29, 0.717) is 37.6 Å². The lowest BCUT2D eigenvalue weighted by atomic mass is 10.00. The normalized spacial score (nSPS) is 16.9. The van der Waals surface area contributed by atoms with Crippen LogP contribution in [0.1, 0.15) is 123 Å². The van der Waals surface area contributed by atoms with E-state index in [1.807, 2.05) is 58.9 Å². The summed E-state index contributed by atoms with van der Waals surface area (Å²) in [7, 11) is 2.35. The minimum Gasteiger partial charge on any atom is -0.444 e. The summed E-state index contributed by atoms with van der Waals surface area (Å²) in [6.45, 7) is 28.0. The van der Waals surface area contributed by atoms with E-state index in [0.717, 1.165) is 103 Å². The lowest BCUT2D eigenvalue weighted by Gasteiger charge is -2.41. The molecule has 2 aliphatic heterocycles. The van der Waals surface area contributed by atoms with E-state index in [2.05, 4.69) is 93.7 Å². The number of hydrogen-bond acceptors (Lipinski definition) is 12. The van der Waals surface area contributed by atoms with Gasteiger partial charge in [-0.05, 0) is 117 Å². The Morgan fingerprint density at radius 2 is 1.33 bits per heavy atom. The summed E-state index contributed by atoms with van der Waals surface area (Å²) in [5.74, 6) is -0.0357. The molecule has 0 bridgehead atoms. The molecule has 4 aromatic heterocycles. The Labute approximate surface area is 431 Å². The summed E-state index contributed by atoms with van der Waals surface area (Å²) in [5, 5.41) is 13.7. The number of aromatic nitrogens is 2. The zero-order chi connectivity index (χ0) is 50.5. The first kappa shape index (κ1) is 53.5. The molecular weight excluding hydrogens is 953 g/mol. The van der Waals surface area contributed by atoms with Crippen molar-refractivity contribution in [1.82, 2.24) is 25.1 Å². The Morgan fingerprint density at radius 3 is 1.86 bits per heavy atom. The highest BCUT2D eigenvalue weighted by molar-refractivity contribution is 7.23. The molecule has 0 saturated carbocycles. The molecule has 0 spiro atoms. The first-order valence-electron chi connectivity index (χ1n) is 25.2. The summed E-state index contributed by atoms with van der Waals surface area (Å²) in [5.41, 5.74) is 6.33. The fourth-order valence-electron chi connectivity index (χ4n) is 8.78. The van der Waals surface area contributed by atoms with Crippen molar-refractivity contribution in [2.75, 3.05) is 43.9 Å². The Morgan fingerprint density at radius 1 is 0.771 bits per heavy atom. The predicted octanol–water partition coefficient (Wildman–Crippen LogP) is 12.8. The number of ether oxygens (including phenoxy) is 1. The van der Waals surface area contributed by atoms with Crippen LogP contribution < -0.4 is 16.0 Å². The Bertz CT molecular complexity index is 2700. The number of likely N-dealkylation sites (N-methyl/N-ethyl adjacent to an activating group) is 1. The van der Waals surface area contributed by atoms with E-state index >= 15 is 0 Å². The molecule has 2 aromatic carbocycles. The molecule has 6 heterocycles. The summed E-state index contributed by atoms with van der Waals surface area (Å²) in [6, 6.07) is 17.9. The van der Waals surface area contributed by atoms with Crippen molar-refractivity contribution >= 4 is 93.7 Å². The van der Waals surface area contributed by atoms with E-state index in [1.54, 1.807) is 50.2 Å². The number of amides is 3. The van der Waals surface area contributed by atoms with Crippen LogP contribution in [0, 0.1) is 0 Å². The largest absolute Gasteiger partial charge is 0.444 e. The summed E-state index contributed by atoms with van der Waals surface area (Å²) >= 11 is 6.82. The van der Waals surface area contributed by atoms with Crippen LogP contribution in [0.15, 0.2) is 48.5 Å². The van der Waals surface area contributed by atoms with Gasteiger partial charge in [-0.25, -0.2) is 14.8 Å². The van der Waals surface area contributed by atoms with Crippen LogP contribution in [0.4, 0.5) is 14.8 Å². The first-order chi connectivity index (χ1) is 33.3. The maximum atomic E-state index is 13.3. The van der Waals surface area contributed by atoms with Gasteiger partial charge in [-0.1, -0.05) is 38.1 Å².